The molecule has 0 aromatic heterocycles. The highest BCUT2D eigenvalue weighted by Crippen LogP contribution is 2.18. The summed E-state index contributed by atoms with van der Waals surface area (Å²) < 4.78 is 0. The molecule has 2 unspecified atom stereocenters. The van der Waals surface area contributed by atoms with Gasteiger partial charge in [0, 0.05) is 6.42 Å². The molecule has 4 nitrogen and oxygen atoms in total. The number of allylic oxidation sites excluding steroid dienone is 6. The van der Waals surface area contributed by atoms with Gasteiger partial charge in [0.2, 0.25) is 5.91 Å². The second-order valence-corrected chi connectivity index (χ2v) is 19.7. The Hall–Kier alpha value is -1.39. The van der Waals surface area contributed by atoms with E-state index in [1.807, 2.05) is 0 Å². The predicted octanol–water partition coefficient (Wildman–Crippen LogP) is 18.9. The Morgan fingerprint density at radius 3 is 0.968 bits per heavy atom. The molecule has 0 aromatic rings. The maximum atomic E-state index is 12.5. The SMILES string of the molecule is CCCCCCC/C=C\C/C=C\C/C=C\CCCCCCCCCCCCCCCCCCCCCCC(=O)NC(CO)C(O)CCCCCCCCCCCCCCCCCC. The van der Waals surface area contributed by atoms with Crippen LogP contribution in [0.25, 0.3) is 0 Å². The van der Waals surface area contributed by atoms with Crippen molar-refractivity contribution in [3.05, 3.63) is 36.5 Å². The molecule has 3 N–H and O–H groups in total. The third-order valence-corrected chi connectivity index (χ3v) is 13.4. The van der Waals surface area contributed by atoms with Crippen molar-refractivity contribution in [2.45, 2.75) is 328 Å². The van der Waals surface area contributed by atoms with Crippen molar-refractivity contribution >= 4 is 5.91 Å². The van der Waals surface area contributed by atoms with Crippen LogP contribution < -0.4 is 5.32 Å². The van der Waals surface area contributed by atoms with Crippen molar-refractivity contribution in [1.29, 1.82) is 0 Å². The number of carbonyl (C=O) groups excluding carboxylic acids is 1. The number of aliphatic hydroxyl groups excluding tert-OH is 2. The van der Waals surface area contributed by atoms with Gasteiger partial charge >= 0.3 is 0 Å². The van der Waals surface area contributed by atoms with Gasteiger partial charge in [-0.2, -0.15) is 0 Å². The van der Waals surface area contributed by atoms with E-state index in [-0.39, 0.29) is 12.5 Å². The first-order chi connectivity index (χ1) is 31.2. The first-order valence-corrected chi connectivity index (χ1v) is 28.7. The number of unbranched alkanes of at least 4 members (excludes halogenated alkanes) is 40. The van der Waals surface area contributed by atoms with E-state index < -0.39 is 12.1 Å². The van der Waals surface area contributed by atoms with Crippen molar-refractivity contribution in [2.24, 2.45) is 0 Å². The minimum Gasteiger partial charge on any atom is -0.394 e. The van der Waals surface area contributed by atoms with Crippen LogP contribution in [0.4, 0.5) is 0 Å². The van der Waals surface area contributed by atoms with E-state index in [1.165, 1.54) is 250 Å². The summed E-state index contributed by atoms with van der Waals surface area (Å²) in [4.78, 5) is 12.5. The summed E-state index contributed by atoms with van der Waals surface area (Å²) in [6, 6.07) is -0.534. The van der Waals surface area contributed by atoms with Gasteiger partial charge in [-0.05, 0) is 51.4 Å². The molecule has 372 valence electrons. The minimum absolute atomic E-state index is 0.0262. The molecule has 0 radical (unpaired) electrons. The largest absolute Gasteiger partial charge is 0.394 e. The quantitative estimate of drug-likeness (QED) is 0.0421. The van der Waals surface area contributed by atoms with Crippen molar-refractivity contribution in [3.63, 3.8) is 0 Å². The maximum Gasteiger partial charge on any atom is 0.220 e. The van der Waals surface area contributed by atoms with E-state index in [4.69, 9.17) is 0 Å². The molecule has 0 fully saturated rings. The second kappa shape index (κ2) is 54.9. The zero-order valence-corrected chi connectivity index (χ0v) is 42.9. The summed E-state index contributed by atoms with van der Waals surface area (Å²) >= 11 is 0. The van der Waals surface area contributed by atoms with Gasteiger partial charge in [0.1, 0.15) is 0 Å². The van der Waals surface area contributed by atoms with E-state index >= 15 is 0 Å². The monoisotopic (exact) mass is 884 g/mol. The topological polar surface area (TPSA) is 69.6 Å². The standard InChI is InChI=1S/C59H113NO3/c1-3-5-7-9-11-13-15-17-19-21-22-23-24-25-26-27-28-29-30-31-32-33-34-35-36-37-38-39-41-43-45-47-49-51-53-55-59(63)60-57(56-61)58(62)54-52-50-48-46-44-42-40-20-18-16-14-12-10-8-6-4-2/h15,17,21-22,24-25,57-58,61-62H,3-14,16,18-20,23,26-56H2,1-2H3,(H,60,63)/b17-15-,22-21-,25-24-. The summed E-state index contributed by atoms with van der Waals surface area (Å²) in [7, 11) is 0. The molecule has 4 heteroatoms. The fraction of sp³-hybridized carbons (Fsp3) is 0.881. The van der Waals surface area contributed by atoms with E-state index in [2.05, 4.69) is 55.6 Å². The van der Waals surface area contributed by atoms with Crippen molar-refractivity contribution in [2.75, 3.05) is 6.61 Å². The van der Waals surface area contributed by atoms with Gasteiger partial charge in [-0.15, -0.1) is 0 Å². The maximum absolute atomic E-state index is 12.5. The summed E-state index contributed by atoms with van der Waals surface area (Å²) in [5.41, 5.74) is 0. The van der Waals surface area contributed by atoms with Crippen LogP contribution in [0.3, 0.4) is 0 Å². The van der Waals surface area contributed by atoms with Crippen LogP contribution in [0.5, 0.6) is 0 Å². The molecule has 0 spiro atoms. The second-order valence-electron chi connectivity index (χ2n) is 19.7. The van der Waals surface area contributed by atoms with Gasteiger partial charge in [-0.25, -0.2) is 0 Å². The lowest BCUT2D eigenvalue weighted by atomic mass is 10.0. The molecule has 0 heterocycles. The Morgan fingerprint density at radius 1 is 0.381 bits per heavy atom. The van der Waals surface area contributed by atoms with Gasteiger partial charge in [0.25, 0.3) is 0 Å². The molecule has 63 heavy (non-hydrogen) atoms. The van der Waals surface area contributed by atoms with Crippen LogP contribution in [-0.2, 0) is 4.79 Å². The number of aliphatic hydroxyl groups is 2. The van der Waals surface area contributed by atoms with E-state index in [0.29, 0.717) is 12.8 Å². The number of amides is 1. The van der Waals surface area contributed by atoms with E-state index in [9.17, 15) is 15.0 Å². The molecule has 0 aliphatic heterocycles. The number of carbonyl (C=O) groups is 1. The zero-order valence-electron chi connectivity index (χ0n) is 42.9. The molecule has 0 saturated heterocycles. The molecule has 0 saturated carbocycles. The normalized spacial score (nSPS) is 13.0. The van der Waals surface area contributed by atoms with E-state index in [1.54, 1.807) is 0 Å². The Morgan fingerprint density at radius 2 is 0.651 bits per heavy atom. The lowest BCUT2D eigenvalue weighted by Crippen LogP contribution is -2.45. The summed E-state index contributed by atoms with van der Waals surface area (Å²) in [6.07, 6.45) is 74.2. The van der Waals surface area contributed by atoms with Crippen LogP contribution in [0.1, 0.15) is 316 Å². The Balaban J connectivity index is 3.41. The van der Waals surface area contributed by atoms with Crippen molar-refractivity contribution in [3.8, 4) is 0 Å². The minimum atomic E-state index is -0.657. The number of rotatable bonds is 53. The number of nitrogens with one attached hydrogen (secondary N) is 1. The van der Waals surface area contributed by atoms with Crippen LogP contribution in [0.2, 0.25) is 0 Å². The van der Waals surface area contributed by atoms with Crippen LogP contribution in [0.15, 0.2) is 36.5 Å². The lowest BCUT2D eigenvalue weighted by Gasteiger charge is -2.22. The van der Waals surface area contributed by atoms with Crippen LogP contribution in [0, 0.1) is 0 Å². The fourth-order valence-electron chi connectivity index (χ4n) is 9.02. The van der Waals surface area contributed by atoms with Gasteiger partial charge in [0.05, 0.1) is 18.8 Å². The van der Waals surface area contributed by atoms with Crippen LogP contribution >= 0.6 is 0 Å². The van der Waals surface area contributed by atoms with Crippen molar-refractivity contribution in [1.82, 2.24) is 5.32 Å². The summed E-state index contributed by atoms with van der Waals surface area (Å²) in [5, 5.41) is 23.3. The first-order valence-electron chi connectivity index (χ1n) is 28.7. The van der Waals surface area contributed by atoms with Crippen LogP contribution in [-0.4, -0.2) is 34.9 Å². The molecule has 0 aliphatic carbocycles. The van der Waals surface area contributed by atoms with Gasteiger partial charge < -0.3 is 15.5 Å². The van der Waals surface area contributed by atoms with E-state index in [0.717, 1.165) is 38.5 Å². The zero-order chi connectivity index (χ0) is 45.6. The third kappa shape index (κ3) is 51.5. The molecule has 0 bridgehead atoms. The number of hydrogen-bond acceptors (Lipinski definition) is 3. The highest BCUT2D eigenvalue weighted by atomic mass is 16.3. The molecule has 0 aromatic carbocycles. The van der Waals surface area contributed by atoms with Gasteiger partial charge in [-0.3, -0.25) is 4.79 Å². The molecule has 2 atom stereocenters. The molecular formula is C59H113NO3. The number of hydrogen-bond donors (Lipinski definition) is 3. The first kappa shape index (κ1) is 61.6. The molecule has 1 amide bonds. The Bertz CT molecular complexity index is 958. The average molecular weight is 885 g/mol. The van der Waals surface area contributed by atoms with Crippen molar-refractivity contribution < 1.29 is 15.0 Å². The van der Waals surface area contributed by atoms with Gasteiger partial charge in [-0.1, -0.05) is 294 Å². The Kier molecular flexibility index (Phi) is 53.7. The summed E-state index contributed by atoms with van der Waals surface area (Å²) in [6.45, 7) is 4.37. The molecule has 0 aliphatic rings. The average Bonchev–Trinajstić information content (AvgIpc) is 3.29. The smallest absolute Gasteiger partial charge is 0.220 e. The molecule has 0 rings (SSSR count). The highest BCUT2D eigenvalue weighted by Gasteiger charge is 2.20. The Labute approximate surface area is 395 Å². The molecular weight excluding hydrogens is 771 g/mol. The summed E-state index contributed by atoms with van der Waals surface area (Å²) in [5.74, 6) is -0.0262. The third-order valence-electron chi connectivity index (χ3n) is 13.4. The highest BCUT2D eigenvalue weighted by molar-refractivity contribution is 5.76. The van der Waals surface area contributed by atoms with Gasteiger partial charge in [0.15, 0.2) is 0 Å². The lowest BCUT2D eigenvalue weighted by molar-refractivity contribution is -0.123. The fourth-order valence-corrected chi connectivity index (χ4v) is 9.02. The predicted molar refractivity (Wildman–Crippen MR) is 281 cm³/mol.